The fourth-order valence-corrected chi connectivity index (χ4v) is 2.85. The molecule has 0 aromatic rings. The van der Waals surface area contributed by atoms with Gasteiger partial charge in [0.2, 0.25) is 0 Å². The third kappa shape index (κ3) is 2.19. The second-order valence-electron chi connectivity index (χ2n) is 3.77. The number of oxime groups is 1. The second-order valence-corrected chi connectivity index (χ2v) is 5.38. The molecule has 1 unspecified atom stereocenters. The van der Waals surface area contributed by atoms with Gasteiger partial charge in [-0.1, -0.05) is 11.7 Å². The highest BCUT2D eigenvalue weighted by Gasteiger charge is 2.34. The van der Waals surface area contributed by atoms with Crippen LogP contribution in [0.1, 0.15) is 26.2 Å². The lowest BCUT2D eigenvalue weighted by atomic mass is 10.00. The van der Waals surface area contributed by atoms with Crippen LogP contribution in [0, 0.1) is 0 Å². The molecule has 0 aromatic carbocycles. The van der Waals surface area contributed by atoms with Gasteiger partial charge in [-0.3, -0.25) is 0 Å². The maximum Gasteiger partial charge on any atom is 0.109 e. The van der Waals surface area contributed by atoms with Crippen LogP contribution < -0.4 is 0 Å². The first-order valence-corrected chi connectivity index (χ1v) is 5.62. The van der Waals surface area contributed by atoms with Gasteiger partial charge in [-0.2, -0.15) is 0 Å². The fraction of sp³-hybridized carbons (Fsp3) is 0.667. The van der Waals surface area contributed by atoms with E-state index >= 15 is 0 Å². The van der Waals surface area contributed by atoms with Gasteiger partial charge in [-0.25, -0.2) is 0 Å². The average molecular weight is 199 g/mol. The Balaban J connectivity index is 2.82. The van der Waals surface area contributed by atoms with Gasteiger partial charge < -0.3 is 9.94 Å². The van der Waals surface area contributed by atoms with Crippen LogP contribution in [0.5, 0.6) is 0 Å². The Morgan fingerprint density at radius 3 is 2.69 bits per heavy atom. The van der Waals surface area contributed by atoms with Crippen molar-refractivity contribution in [1.82, 2.24) is 0 Å². The molecule has 0 amide bonds. The first kappa shape index (κ1) is 10.5. The Morgan fingerprint density at radius 2 is 2.31 bits per heavy atom. The first-order chi connectivity index (χ1) is 6.10. The molecule has 74 valence electrons. The molecule has 1 saturated heterocycles. The highest BCUT2D eigenvalue weighted by atomic mass is 28.1. The molecular formula is C9H17NO2Si. The predicted molar refractivity (Wildman–Crippen MR) is 56.5 cm³/mol. The molecular weight excluding hydrogens is 182 g/mol. The van der Waals surface area contributed by atoms with Gasteiger partial charge in [0.25, 0.3) is 0 Å². The number of rotatable bonds is 2. The quantitative estimate of drug-likeness (QED) is 0.307. The van der Waals surface area contributed by atoms with Crippen LogP contribution in [-0.4, -0.2) is 33.0 Å². The van der Waals surface area contributed by atoms with Gasteiger partial charge in [0.05, 0.1) is 15.5 Å². The monoisotopic (exact) mass is 199 g/mol. The van der Waals surface area contributed by atoms with Crippen LogP contribution in [0.25, 0.3) is 0 Å². The van der Waals surface area contributed by atoms with Crippen molar-refractivity contribution in [3.05, 3.63) is 12.2 Å². The minimum Gasteiger partial charge on any atom is -0.411 e. The lowest BCUT2D eigenvalue weighted by molar-refractivity contribution is 0.0270. The largest absolute Gasteiger partial charge is 0.411 e. The smallest absolute Gasteiger partial charge is 0.109 e. The summed E-state index contributed by atoms with van der Waals surface area (Å²) in [7, 11) is 0.847. The number of hydrogen-bond donors (Lipinski definition) is 1. The summed E-state index contributed by atoms with van der Waals surface area (Å²) in [4.78, 5) is 0. The van der Waals surface area contributed by atoms with Crippen molar-refractivity contribution in [2.45, 2.75) is 31.4 Å². The second kappa shape index (κ2) is 4.06. The van der Waals surface area contributed by atoms with Crippen LogP contribution in [0.3, 0.4) is 0 Å². The zero-order chi connectivity index (χ0) is 9.90. The highest BCUT2D eigenvalue weighted by Crippen LogP contribution is 2.25. The molecule has 1 atom stereocenters. The molecule has 0 saturated carbocycles. The minimum atomic E-state index is -0.293. The van der Waals surface area contributed by atoms with Gasteiger partial charge in [0.15, 0.2) is 0 Å². The molecule has 0 bridgehead atoms. The molecule has 1 fully saturated rings. The molecule has 13 heavy (non-hydrogen) atoms. The lowest BCUT2D eigenvalue weighted by Crippen LogP contribution is -2.45. The van der Waals surface area contributed by atoms with Crippen molar-refractivity contribution in [3.8, 4) is 0 Å². The normalized spacial score (nSPS) is 30.4. The fourth-order valence-electron chi connectivity index (χ4n) is 1.76. The summed E-state index contributed by atoms with van der Waals surface area (Å²) in [6.07, 6.45) is 3.22. The molecule has 0 spiro atoms. The van der Waals surface area contributed by atoms with Crippen LogP contribution in [-0.2, 0) is 4.74 Å². The van der Waals surface area contributed by atoms with E-state index in [-0.39, 0.29) is 5.22 Å². The van der Waals surface area contributed by atoms with Crippen LogP contribution in [0.4, 0.5) is 0 Å². The van der Waals surface area contributed by atoms with Gasteiger partial charge in [0.1, 0.15) is 5.71 Å². The summed E-state index contributed by atoms with van der Waals surface area (Å²) >= 11 is 0. The van der Waals surface area contributed by atoms with Gasteiger partial charge >= 0.3 is 0 Å². The summed E-state index contributed by atoms with van der Waals surface area (Å²) in [5, 5.41) is 11.9. The van der Waals surface area contributed by atoms with Gasteiger partial charge in [0, 0.05) is 6.61 Å². The zero-order valence-corrected chi connectivity index (χ0v) is 10.3. The number of ether oxygens (including phenoxy) is 1. The van der Waals surface area contributed by atoms with E-state index in [2.05, 4.69) is 11.7 Å². The molecule has 1 aliphatic heterocycles. The molecule has 1 N–H and O–H groups in total. The zero-order valence-electron chi connectivity index (χ0n) is 8.34. The number of hydrogen-bond acceptors (Lipinski definition) is 3. The summed E-state index contributed by atoms with van der Waals surface area (Å²) in [6, 6.07) is 0. The molecule has 0 aliphatic carbocycles. The summed E-state index contributed by atoms with van der Waals surface area (Å²) in [6.45, 7) is 6.43. The molecule has 3 nitrogen and oxygen atoms in total. The lowest BCUT2D eigenvalue weighted by Gasteiger charge is -2.34. The summed E-state index contributed by atoms with van der Waals surface area (Å²) < 4.78 is 5.69. The van der Waals surface area contributed by atoms with E-state index in [0.717, 1.165) is 41.7 Å². The van der Waals surface area contributed by atoms with E-state index in [0.29, 0.717) is 5.71 Å². The van der Waals surface area contributed by atoms with E-state index in [4.69, 9.17) is 9.94 Å². The summed E-state index contributed by atoms with van der Waals surface area (Å²) in [5.74, 6) is 0. The Hall–Kier alpha value is -0.613. The van der Waals surface area contributed by atoms with E-state index in [1.165, 1.54) is 0 Å². The van der Waals surface area contributed by atoms with Crippen molar-refractivity contribution in [1.29, 1.82) is 0 Å². The third-order valence-corrected chi connectivity index (χ3v) is 3.74. The van der Waals surface area contributed by atoms with Gasteiger partial charge in [-0.05, 0) is 31.8 Å². The van der Waals surface area contributed by atoms with Crippen LogP contribution in [0.15, 0.2) is 17.3 Å². The Labute approximate surface area is 81.9 Å². The van der Waals surface area contributed by atoms with Crippen molar-refractivity contribution in [2.24, 2.45) is 5.16 Å². The number of nitrogens with zero attached hydrogens (tertiary/aromatic N) is 1. The Kier molecular flexibility index (Phi) is 3.27. The van der Waals surface area contributed by atoms with E-state index in [1.807, 2.05) is 6.92 Å². The topological polar surface area (TPSA) is 41.8 Å². The molecule has 1 rings (SSSR count). The van der Waals surface area contributed by atoms with Crippen molar-refractivity contribution >= 4 is 16.0 Å². The molecule has 0 radical (unpaired) electrons. The predicted octanol–water partition coefficient (Wildman–Crippen LogP) is 0.655. The van der Waals surface area contributed by atoms with Crippen molar-refractivity contribution in [3.63, 3.8) is 0 Å². The summed E-state index contributed by atoms with van der Waals surface area (Å²) in [5.41, 5.74) is 1.44. The Bertz CT molecular complexity index is 232. The van der Waals surface area contributed by atoms with E-state index < -0.39 is 0 Å². The van der Waals surface area contributed by atoms with Crippen molar-refractivity contribution < 1.29 is 9.94 Å². The molecule has 0 aromatic heterocycles. The SMILES string of the molecule is C=C(C)C(=NO)C1([SiH3])CCCCO1. The van der Waals surface area contributed by atoms with Crippen molar-refractivity contribution in [2.75, 3.05) is 6.61 Å². The maximum atomic E-state index is 8.88. The highest BCUT2D eigenvalue weighted by molar-refractivity contribution is 6.32. The minimum absolute atomic E-state index is 0.293. The van der Waals surface area contributed by atoms with Gasteiger partial charge in [-0.15, -0.1) is 0 Å². The average Bonchev–Trinajstić information content (AvgIpc) is 2.05. The Morgan fingerprint density at radius 1 is 1.62 bits per heavy atom. The van der Waals surface area contributed by atoms with Crippen LogP contribution in [0.2, 0.25) is 0 Å². The van der Waals surface area contributed by atoms with Crippen LogP contribution >= 0.6 is 0 Å². The molecule has 1 aliphatic rings. The van der Waals surface area contributed by atoms with E-state index in [9.17, 15) is 0 Å². The molecule has 1 heterocycles. The maximum absolute atomic E-state index is 8.88. The third-order valence-electron chi connectivity index (χ3n) is 2.47. The first-order valence-electron chi connectivity index (χ1n) is 4.62. The van der Waals surface area contributed by atoms with E-state index in [1.54, 1.807) is 0 Å². The standard InChI is InChI=1S/C9H17NO2Si/c1-7(2)8(10-11)9(13)5-3-4-6-12-9/h11H,1,3-6H2,2,13H3. The molecule has 4 heteroatoms.